The van der Waals surface area contributed by atoms with Crippen molar-refractivity contribution in [3.8, 4) is 0 Å². The number of rotatable bonds is 5. The van der Waals surface area contributed by atoms with E-state index in [4.69, 9.17) is 5.84 Å². The predicted octanol–water partition coefficient (Wildman–Crippen LogP) is 2.53. The highest BCUT2D eigenvalue weighted by atomic mass is 32.2. The van der Waals surface area contributed by atoms with Crippen LogP contribution in [0.25, 0.3) is 0 Å². The van der Waals surface area contributed by atoms with Crippen molar-refractivity contribution in [2.24, 2.45) is 5.84 Å². The molecule has 1 rings (SSSR count). The molecule has 1 atom stereocenters. The van der Waals surface area contributed by atoms with E-state index in [0.717, 1.165) is 23.0 Å². The van der Waals surface area contributed by atoms with E-state index in [0.29, 0.717) is 11.9 Å². The molecular weight excluding hydrogens is 258 g/mol. The molecule has 108 valence electrons. The predicted molar refractivity (Wildman–Crippen MR) is 84.7 cm³/mol. The lowest BCUT2D eigenvalue weighted by molar-refractivity contribution is 0.545. The van der Waals surface area contributed by atoms with Crippen molar-refractivity contribution in [2.45, 2.75) is 46.1 Å². The summed E-state index contributed by atoms with van der Waals surface area (Å²) < 4.78 is 0. The molecular formula is C13H25N5S. The lowest BCUT2D eigenvalue weighted by atomic mass is 9.95. The summed E-state index contributed by atoms with van der Waals surface area (Å²) in [6, 6.07) is 0.349. The monoisotopic (exact) mass is 283 g/mol. The smallest absolute Gasteiger partial charge is 0.148 e. The number of nitrogens with one attached hydrogen (secondary N) is 2. The maximum absolute atomic E-state index is 5.55. The zero-order chi connectivity index (χ0) is 14.6. The number of nitrogens with two attached hydrogens (primary N) is 1. The Balaban J connectivity index is 3.15. The summed E-state index contributed by atoms with van der Waals surface area (Å²) >= 11 is 1.81. The second-order valence-electron chi connectivity index (χ2n) is 5.76. The average molecular weight is 283 g/mol. The van der Waals surface area contributed by atoms with Crippen molar-refractivity contribution in [2.75, 3.05) is 22.8 Å². The van der Waals surface area contributed by atoms with Gasteiger partial charge in [-0.05, 0) is 20.1 Å². The van der Waals surface area contributed by atoms with Gasteiger partial charge in [0, 0.05) is 22.8 Å². The first-order chi connectivity index (χ1) is 8.79. The van der Waals surface area contributed by atoms with Gasteiger partial charge in [-0.1, -0.05) is 20.8 Å². The first-order valence-corrected chi connectivity index (χ1v) is 7.80. The summed E-state index contributed by atoms with van der Waals surface area (Å²) in [5.41, 5.74) is 3.49. The van der Waals surface area contributed by atoms with E-state index in [1.54, 1.807) is 0 Å². The lowest BCUT2D eigenvalue weighted by Gasteiger charge is -2.22. The van der Waals surface area contributed by atoms with Gasteiger partial charge < -0.3 is 10.7 Å². The second-order valence-corrected chi connectivity index (χ2v) is 6.68. The van der Waals surface area contributed by atoms with Crippen LogP contribution in [0.3, 0.4) is 0 Å². The molecule has 19 heavy (non-hydrogen) atoms. The molecule has 1 aromatic heterocycles. The molecule has 0 aliphatic rings. The Morgan fingerprint density at radius 2 is 1.84 bits per heavy atom. The summed E-state index contributed by atoms with van der Waals surface area (Å²) in [5, 5.41) is 3.43. The Kier molecular flexibility index (Phi) is 5.43. The normalized spacial score (nSPS) is 13.2. The average Bonchev–Trinajstić information content (AvgIpc) is 2.30. The zero-order valence-electron chi connectivity index (χ0n) is 12.7. The number of hydrazine groups is 1. The summed E-state index contributed by atoms with van der Waals surface area (Å²) in [6.45, 7) is 10.4. The van der Waals surface area contributed by atoms with Crippen molar-refractivity contribution < 1.29 is 0 Å². The fourth-order valence-corrected chi connectivity index (χ4v) is 2.24. The summed E-state index contributed by atoms with van der Waals surface area (Å²) in [6.07, 6.45) is 2.10. The maximum atomic E-state index is 5.55. The van der Waals surface area contributed by atoms with E-state index >= 15 is 0 Å². The quantitative estimate of drug-likeness (QED) is 0.569. The van der Waals surface area contributed by atoms with E-state index in [9.17, 15) is 0 Å². The van der Waals surface area contributed by atoms with Crippen LogP contribution >= 0.6 is 11.8 Å². The second kappa shape index (κ2) is 6.43. The fraction of sp³-hybridized carbons (Fsp3) is 0.692. The van der Waals surface area contributed by atoms with E-state index < -0.39 is 0 Å². The molecule has 0 spiro atoms. The molecule has 1 unspecified atom stereocenters. The maximum Gasteiger partial charge on any atom is 0.148 e. The third-order valence-corrected chi connectivity index (χ3v) is 3.59. The molecule has 0 radical (unpaired) electrons. The first kappa shape index (κ1) is 16.0. The molecule has 0 fully saturated rings. The Labute approximate surface area is 120 Å². The number of aromatic nitrogens is 2. The molecule has 0 bridgehead atoms. The number of anilines is 2. The molecule has 0 saturated carbocycles. The van der Waals surface area contributed by atoms with Crippen LogP contribution in [0.5, 0.6) is 0 Å². The van der Waals surface area contributed by atoms with Gasteiger partial charge in [-0.2, -0.15) is 11.8 Å². The van der Waals surface area contributed by atoms with Crippen molar-refractivity contribution >= 4 is 23.4 Å². The van der Waals surface area contributed by atoms with Crippen LogP contribution in [0.2, 0.25) is 0 Å². The zero-order valence-corrected chi connectivity index (χ0v) is 13.5. The van der Waals surface area contributed by atoms with Crippen LogP contribution in [-0.2, 0) is 5.41 Å². The standard InChI is InChI=1S/C13H25N5S/c1-8(7-19-6)15-10-9(2)11(18-14)17-12(16-10)13(3,4)5/h8H,7,14H2,1-6H3,(H2,15,16,17,18). The molecule has 0 aliphatic heterocycles. The van der Waals surface area contributed by atoms with Gasteiger partial charge in [-0.15, -0.1) is 0 Å². The van der Waals surface area contributed by atoms with E-state index in [1.807, 2.05) is 18.7 Å². The van der Waals surface area contributed by atoms with Crippen LogP contribution in [0, 0.1) is 6.92 Å². The van der Waals surface area contributed by atoms with Gasteiger partial charge in [0.2, 0.25) is 0 Å². The van der Waals surface area contributed by atoms with Crippen molar-refractivity contribution in [3.05, 3.63) is 11.4 Å². The number of thioether (sulfide) groups is 1. The Morgan fingerprint density at radius 1 is 1.26 bits per heavy atom. The first-order valence-electron chi connectivity index (χ1n) is 6.40. The number of hydrogen-bond acceptors (Lipinski definition) is 6. The summed E-state index contributed by atoms with van der Waals surface area (Å²) in [4.78, 5) is 9.13. The van der Waals surface area contributed by atoms with Crippen LogP contribution in [0.4, 0.5) is 11.6 Å². The molecule has 0 aromatic carbocycles. The van der Waals surface area contributed by atoms with Gasteiger partial charge in [0.1, 0.15) is 17.5 Å². The summed E-state index contributed by atoms with van der Waals surface area (Å²) in [5.74, 6) is 8.89. The van der Waals surface area contributed by atoms with Crippen molar-refractivity contribution in [1.82, 2.24) is 9.97 Å². The highest BCUT2D eigenvalue weighted by molar-refractivity contribution is 7.98. The molecule has 5 nitrogen and oxygen atoms in total. The van der Waals surface area contributed by atoms with Gasteiger partial charge in [0.05, 0.1) is 0 Å². The molecule has 6 heteroatoms. The highest BCUT2D eigenvalue weighted by Crippen LogP contribution is 2.26. The van der Waals surface area contributed by atoms with Crippen LogP contribution in [-0.4, -0.2) is 28.0 Å². The topological polar surface area (TPSA) is 75.9 Å². The fourth-order valence-electron chi connectivity index (χ4n) is 1.66. The van der Waals surface area contributed by atoms with E-state index in [1.165, 1.54) is 0 Å². The minimum Gasteiger partial charge on any atom is -0.366 e. The number of nitrogen functional groups attached to an aromatic ring is 1. The van der Waals surface area contributed by atoms with Gasteiger partial charge in [-0.3, -0.25) is 0 Å². The van der Waals surface area contributed by atoms with Crippen molar-refractivity contribution in [3.63, 3.8) is 0 Å². The SMILES string of the molecule is CSCC(C)Nc1nc(C(C)(C)C)nc(NN)c1C. The minimum absolute atomic E-state index is 0.113. The van der Waals surface area contributed by atoms with Gasteiger partial charge in [0.25, 0.3) is 0 Å². The minimum atomic E-state index is -0.113. The van der Waals surface area contributed by atoms with E-state index in [2.05, 4.69) is 54.7 Å². The largest absolute Gasteiger partial charge is 0.366 e. The summed E-state index contributed by atoms with van der Waals surface area (Å²) in [7, 11) is 0. The Bertz CT molecular complexity index is 428. The highest BCUT2D eigenvalue weighted by Gasteiger charge is 2.21. The van der Waals surface area contributed by atoms with E-state index in [-0.39, 0.29) is 5.41 Å². The third-order valence-electron chi connectivity index (χ3n) is 2.75. The van der Waals surface area contributed by atoms with Crippen LogP contribution in [0.1, 0.15) is 39.1 Å². The molecule has 4 N–H and O–H groups in total. The van der Waals surface area contributed by atoms with Crippen molar-refractivity contribution in [1.29, 1.82) is 0 Å². The van der Waals surface area contributed by atoms with Crippen LogP contribution in [0.15, 0.2) is 0 Å². The lowest BCUT2D eigenvalue weighted by Crippen LogP contribution is -2.24. The van der Waals surface area contributed by atoms with Gasteiger partial charge in [0.15, 0.2) is 0 Å². The Hall–Kier alpha value is -1.01. The molecule has 0 saturated heterocycles. The molecule has 1 aromatic rings. The van der Waals surface area contributed by atoms with Gasteiger partial charge >= 0.3 is 0 Å². The van der Waals surface area contributed by atoms with Gasteiger partial charge in [-0.25, -0.2) is 15.8 Å². The third kappa shape index (κ3) is 4.24. The molecule has 1 heterocycles. The Morgan fingerprint density at radius 3 is 2.32 bits per heavy atom. The molecule has 0 aliphatic carbocycles. The molecule has 0 amide bonds. The number of nitrogens with zero attached hydrogens (tertiary/aromatic N) is 2. The van der Waals surface area contributed by atoms with Crippen LogP contribution < -0.4 is 16.6 Å². The number of hydrogen-bond donors (Lipinski definition) is 3.